The molecule has 3 heteroatoms. The second kappa shape index (κ2) is 5.17. The lowest BCUT2D eigenvalue weighted by atomic mass is 10.1. The van der Waals surface area contributed by atoms with Crippen LogP contribution in [0.15, 0.2) is 30.5 Å². The molecular weight excluding hydrogens is 227 g/mol. The Morgan fingerprint density at radius 2 is 1.89 bits per heavy atom. The largest absolute Gasteiger partial charge is 0.379 e. The Morgan fingerprint density at radius 3 is 2.61 bits per heavy atom. The molecule has 18 heavy (non-hydrogen) atoms. The van der Waals surface area contributed by atoms with Gasteiger partial charge in [-0.1, -0.05) is 6.07 Å². The van der Waals surface area contributed by atoms with Crippen LogP contribution in [0.5, 0.6) is 0 Å². The van der Waals surface area contributed by atoms with Gasteiger partial charge < -0.3 is 5.32 Å². The normalized spacial score (nSPS) is 10.4. The van der Waals surface area contributed by atoms with Crippen LogP contribution in [0.25, 0.3) is 0 Å². The van der Waals surface area contributed by atoms with Crippen molar-refractivity contribution in [2.45, 2.75) is 27.3 Å². The lowest BCUT2D eigenvalue weighted by molar-refractivity contribution is 0.625. The van der Waals surface area contributed by atoms with E-state index in [0.29, 0.717) is 6.54 Å². The smallest absolute Gasteiger partial charge is 0.123 e. The highest BCUT2D eigenvalue weighted by atomic mass is 19.1. The van der Waals surface area contributed by atoms with E-state index in [4.69, 9.17) is 0 Å². The Kier molecular flexibility index (Phi) is 3.60. The van der Waals surface area contributed by atoms with Crippen molar-refractivity contribution < 1.29 is 4.39 Å². The third-order valence-corrected chi connectivity index (χ3v) is 3.12. The maximum Gasteiger partial charge on any atom is 0.123 e. The number of pyridine rings is 1. The van der Waals surface area contributed by atoms with Gasteiger partial charge in [-0.05, 0) is 55.7 Å². The fourth-order valence-electron chi connectivity index (χ4n) is 1.98. The van der Waals surface area contributed by atoms with Gasteiger partial charge in [0.25, 0.3) is 0 Å². The van der Waals surface area contributed by atoms with E-state index < -0.39 is 0 Å². The summed E-state index contributed by atoms with van der Waals surface area (Å²) in [7, 11) is 0. The van der Waals surface area contributed by atoms with E-state index >= 15 is 0 Å². The zero-order valence-corrected chi connectivity index (χ0v) is 10.9. The summed E-state index contributed by atoms with van der Waals surface area (Å²) in [6.07, 6.45) is 1.79. The summed E-state index contributed by atoms with van der Waals surface area (Å²) < 4.78 is 13.2. The van der Waals surface area contributed by atoms with Crippen molar-refractivity contribution in [2.24, 2.45) is 0 Å². The van der Waals surface area contributed by atoms with Crippen LogP contribution in [0, 0.1) is 26.6 Å². The van der Waals surface area contributed by atoms with Gasteiger partial charge in [-0.25, -0.2) is 4.39 Å². The number of halogens is 1. The van der Waals surface area contributed by atoms with E-state index in [1.54, 1.807) is 18.3 Å². The van der Waals surface area contributed by atoms with Gasteiger partial charge in [0.1, 0.15) is 5.82 Å². The second-order valence-electron chi connectivity index (χ2n) is 4.51. The molecule has 0 amide bonds. The molecule has 0 atom stereocenters. The zero-order valence-electron chi connectivity index (χ0n) is 10.9. The molecule has 1 heterocycles. The fraction of sp³-hybridized carbons (Fsp3) is 0.267. The van der Waals surface area contributed by atoms with Gasteiger partial charge in [0.05, 0.1) is 11.4 Å². The predicted molar refractivity (Wildman–Crippen MR) is 72.2 cm³/mol. The lowest BCUT2D eigenvalue weighted by Gasteiger charge is -2.13. The minimum Gasteiger partial charge on any atom is -0.379 e. The van der Waals surface area contributed by atoms with Crippen LogP contribution in [0.3, 0.4) is 0 Å². The quantitative estimate of drug-likeness (QED) is 0.889. The van der Waals surface area contributed by atoms with Crippen molar-refractivity contribution in [1.29, 1.82) is 0 Å². The summed E-state index contributed by atoms with van der Waals surface area (Å²) in [5, 5.41) is 3.34. The minimum atomic E-state index is -0.197. The van der Waals surface area contributed by atoms with Gasteiger partial charge in [-0.15, -0.1) is 0 Å². The van der Waals surface area contributed by atoms with E-state index in [9.17, 15) is 4.39 Å². The summed E-state index contributed by atoms with van der Waals surface area (Å²) in [6.45, 7) is 6.60. The Balaban J connectivity index is 2.19. The molecule has 0 saturated heterocycles. The summed E-state index contributed by atoms with van der Waals surface area (Å²) in [5.41, 5.74) is 5.20. The highest BCUT2D eigenvalue weighted by Crippen LogP contribution is 2.19. The third kappa shape index (κ3) is 2.67. The number of aryl methyl sites for hydroxylation is 3. The molecule has 0 spiro atoms. The first kappa shape index (κ1) is 12.6. The molecule has 0 radical (unpaired) electrons. The number of anilines is 1. The first-order chi connectivity index (χ1) is 8.58. The minimum absolute atomic E-state index is 0.197. The van der Waals surface area contributed by atoms with Gasteiger partial charge in [0.15, 0.2) is 0 Å². The van der Waals surface area contributed by atoms with Crippen LogP contribution in [0.4, 0.5) is 10.1 Å². The number of nitrogens with one attached hydrogen (secondary N) is 1. The van der Waals surface area contributed by atoms with Crippen LogP contribution in [-0.4, -0.2) is 4.98 Å². The Hall–Kier alpha value is -1.90. The van der Waals surface area contributed by atoms with Crippen LogP contribution >= 0.6 is 0 Å². The van der Waals surface area contributed by atoms with Crippen molar-refractivity contribution in [3.05, 3.63) is 58.7 Å². The number of rotatable bonds is 3. The summed E-state index contributed by atoms with van der Waals surface area (Å²) in [4.78, 5) is 4.26. The Labute approximate surface area is 107 Å². The first-order valence-electron chi connectivity index (χ1n) is 5.99. The summed E-state index contributed by atoms with van der Waals surface area (Å²) in [5.74, 6) is -0.197. The lowest BCUT2D eigenvalue weighted by Crippen LogP contribution is -2.05. The standard InChI is InChI=1S/C15H17FN2/c1-10-4-5-14(16)8-13(10)9-18-15-11(2)6-7-17-12(15)3/h4-8,18H,9H2,1-3H3. The van der Waals surface area contributed by atoms with Crippen LogP contribution in [-0.2, 0) is 6.54 Å². The molecular formula is C15H17FN2. The molecule has 0 unspecified atom stereocenters. The average molecular weight is 244 g/mol. The van der Waals surface area contributed by atoms with Crippen molar-refractivity contribution >= 4 is 5.69 Å². The second-order valence-corrected chi connectivity index (χ2v) is 4.51. The van der Waals surface area contributed by atoms with E-state index in [1.165, 1.54) is 6.07 Å². The van der Waals surface area contributed by atoms with Crippen LogP contribution in [0.2, 0.25) is 0 Å². The maximum absolute atomic E-state index is 13.2. The first-order valence-corrected chi connectivity index (χ1v) is 5.99. The van der Waals surface area contributed by atoms with E-state index in [2.05, 4.69) is 10.3 Å². The highest BCUT2D eigenvalue weighted by Gasteiger charge is 2.05. The summed E-state index contributed by atoms with van der Waals surface area (Å²) in [6, 6.07) is 6.83. The monoisotopic (exact) mass is 244 g/mol. The maximum atomic E-state index is 13.2. The van der Waals surface area contributed by atoms with Crippen molar-refractivity contribution in [2.75, 3.05) is 5.32 Å². The van der Waals surface area contributed by atoms with Crippen molar-refractivity contribution in [3.8, 4) is 0 Å². The van der Waals surface area contributed by atoms with Gasteiger partial charge in [-0.3, -0.25) is 4.98 Å². The number of hydrogen-bond donors (Lipinski definition) is 1. The number of nitrogens with zero attached hydrogens (tertiary/aromatic N) is 1. The number of hydrogen-bond acceptors (Lipinski definition) is 2. The van der Waals surface area contributed by atoms with E-state index in [1.807, 2.05) is 26.8 Å². The topological polar surface area (TPSA) is 24.9 Å². The molecule has 1 N–H and O–H groups in total. The molecule has 2 nitrogen and oxygen atoms in total. The van der Waals surface area contributed by atoms with Gasteiger partial charge in [-0.2, -0.15) is 0 Å². The molecule has 0 aliphatic heterocycles. The zero-order chi connectivity index (χ0) is 13.1. The molecule has 94 valence electrons. The van der Waals surface area contributed by atoms with Gasteiger partial charge in [0, 0.05) is 12.7 Å². The molecule has 2 rings (SSSR count). The number of aromatic nitrogens is 1. The predicted octanol–water partition coefficient (Wildman–Crippen LogP) is 3.76. The molecule has 0 fully saturated rings. The SMILES string of the molecule is Cc1ccc(F)cc1CNc1c(C)ccnc1C. The molecule has 0 aliphatic rings. The molecule has 0 bridgehead atoms. The third-order valence-electron chi connectivity index (χ3n) is 3.12. The van der Waals surface area contributed by atoms with Crippen LogP contribution < -0.4 is 5.32 Å². The Bertz CT molecular complexity index is 544. The van der Waals surface area contributed by atoms with Crippen LogP contribution in [0.1, 0.15) is 22.4 Å². The van der Waals surface area contributed by atoms with E-state index in [0.717, 1.165) is 28.1 Å². The van der Waals surface area contributed by atoms with Gasteiger partial charge in [0.2, 0.25) is 0 Å². The fourth-order valence-corrected chi connectivity index (χ4v) is 1.98. The van der Waals surface area contributed by atoms with E-state index in [-0.39, 0.29) is 5.82 Å². The molecule has 0 saturated carbocycles. The molecule has 0 aliphatic carbocycles. The highest BCUT2D eigenvalue weighted by molar-refractivity contribution is 5.54. The number of benzene rings is 1. The molecule has 1 aromatic heterocycles. The molecule has 1 aromatic carbocycles. The van der Waals surface area contributed by atoms with Gasteiger partial charge >= 0.3 is 0 Å². The van der Waals surface area contributed by atoms with Crippen molar-refractivity contribution in [1.82, 2.24) is 4.98 Å². The summed E-state index contributed by atoms with van der Waals surface area (Å²) >= 11 is 0. The van der Waals surface area contributed by atoms with Crippen molar-refractivity contribution in [3.63, 3.8) is 0 Å². The average Bonchev–Trinajstić information content (AvgIpc) is 2.33. The molecule has 2 aromatic rings. The Morgan fingerprint density at radius 1 is 1.11 bits per heavy atom.